The van der Waals surface area contributed by atoms with Gasteiger partial charge in [0, 0.05) is 0 Å². The molecule has 1 rings (SSSR count). The first-order chi connectivity index (χ1) is 7.77. The fourth-order valence-electron chi connectivity index (χ4n) is 1.15. The van der Waals surface area contributed by atoms with Gasteiger partial charge in [-0.2, -0.15) is 0 Å². The predicted octanol–water partition coefficient (Wildman–Crippen LogP) is 0.699. The molecule has 0 heterocycles. The summed E-state index contributed by atoms with van der Waals surface area (Å²) in [4.78, 5) is 27.8. The molecule has 0 aliphatic rings. The van der Waals surface area contributed by atoms with E-state index in [1.807, 2.05) is 0 Å². The zero-order valence-corrected chi connectivity index (χ0v) is 7.89. The summed E-state index contributed by atoms with van der Waals surface area (Å²) in [5, 5.41) is 40.8. The Morgan fingerprint density at radius 1 is 1.00 bits per heavy atom. The summed E-state index contributed by atoms with van der Waals surface area (Å²) in [6, 6.07) is 0.389. The van der Waals surface area contributed by atoms with Gasteiger partial charge in [-0.15, -0.1) is 0 Å². The molecule has 1 aromatic carbocycles. The molecule has 1 aromatic rings. The highest BCUT2D eigenvalue weighted by atomic mass is 16.6. The number of nitro groups is 3. The second-order valence-corrected chi connectivity index (χ2v) is 2.80. The lowest BCUT2D eigenvalue weighted by Crippen LogP contribution is -2.04. The predicted molar refractivity (Wildman–Crippen MR) is 52.5 cm³/mol. The third-order valence-electron chi connectivity index (χ3n) is 1.83. The Bertz CT molecular complexity index is 540. The summed E-state index contributed by atoms with van der Waals surface area (Å²) in [6.45, 7) is 0. The molecule has 11 nitrogen and oxygen atoms in total. The van der Waals surface area contributed by atoms with Crippen molar-refractivity contribution in [3.05, 3.63) is 36.4 Å². The van der Waals surface area contributed by atoms with E-state index in [0.29, 0.717) is 6.07 Å². The summed E-state index contributed by atoms with van der Waals surface area (Å²) in [6.07, 6.45) is 0. The van der Waals surface area contributed by atoms with Gasteiger partial charge in [0.05, 0.1) is 20.8 Å². The number of benzene rings is 1. The number of rotatable bonds is 3. The summed E-state index contributed by atoms with van der Waals surface area (Å²) >= 11 is 0. The molecule has 0 spiro atoms. The highest BCUT2D eigenvalue weighted by Gasteiger charge is 2.40. The number of aromatic hydroxyl groups is 1. The first-order valence-corrected chi connectivity index (χ1v) is 3.86. The van der Waals surface area contributed by atoms with Gasteiger partial charge in [-0.05, 0) is 0 Å². The Kier molecular flexibility index (Phi) is 2.76. The van der Waals surface area contributed by atoms with Gasteiger partial charge in [0.25, 0.3) is 0 Å². The van der Waals surface area contributed by atoms with Crippen LogP contribution in [-0.4, -0.2) is 19.9 Å². The largest absolute Gasteiger partial charge is 0.505 e. The van der Waals surface area contributed by atoms with Gasteiger partial charge in [-0.25, -0.2) is 0 Å². The molecule has 0 aromatic heterocycles. The van der Waals surface area contributed by atoms with Crippen LogP contribution >= 0.6 is 0 Å². The van der Waals surface area contributed by atoms with Gasteiger partial charge in [-0.1, -0.05) is 0 Å². The Balaban J connectivity index is 3.83. The third-order valence-corrected chi connectivity index (χ3v) is 1.83. The Morgan fingerprint density at radius 2 is 1.47 bits per heavy atom. The number of hydrogen-bond acceptors (Lipinski definition) is 8. The van der Waals surface area contributed by atoms with E-state index in [2.05, 4.69) is 0 Å². The molecular weight excluding hydrogens is 240 g/mol. The van der Waals surface area contributed by atoms with E-state index in [1.165, 1.54) is 0 Å². The van der Waals surface area contributed by atoms with Gasteiger partial charge in [0.1, 0.15) is 0 Å². The van der Waals surface area contributed by atoms with E-state index in [9.17, 15) is 30.3 Å². The molecule has 0 amide bonds. The maximum absolute atomic E-state index is 10.6. The molecule has 0 fully saturated rings. The summed E-state index contributed by atoms with van der Waals surface area (Å²) < 4.78 is 0. The molecule has 0 saturated heterocycles. The zero-order chi connectivity index (χ0) is 13.3. The van der Waals surface area contributed by atoms with E-state index < -0.39 is 43.3 Å². The normalized spacial score (nSPS) is 9.88. The standard InChI is InChI=1S/C6H4N4O7/c7-4-3(11)1-2(8(12)13)5(9(14)15)6(4)10(16)17/h1,11H,7H2. The van der Waals surface area contributed by atoms with Gasteiger partial charge < -0.3 is 10.8 Å². The van der Waals surface area contributed by atoms with Crippen LogP contribution in [0.2, 0.25) is 0 Å². The fraction of sp³-hybridized carbons (Fsp3) is 0. The van der Waals surface area contributed by atoms with Crippen molar-refractivity contribution in [2.75, 3.05) is 5.73 Å². The lowest BCUT2D eigenvalue weighted by molar-refractivity contribution is -0.440. The molecule has 90 valence electrons. The summed E-state index contributed by atoms with van der Waals surface area (Å²) in [5.41, 5.74) is 0.306. The number of phenols is 1. The van der Waals surface area contributed by atoms with E-state index in [4.69, 9.17) is 10.8 Å². The molecule has 0 aliphatic heterocycles. The molecule has 0 saturated carbocycles. The van der Waals surface area contributed by atoms with Gasteiger partial charge in [-0.3, -0.25) is 30.3 Å². The minimum absolute atomic E-state index is 0.389. The van der Waals surface area contributed by atoms with Crippen molar-refractivity contribution < 1.29 is 19.9 Å². The van der Waals surface area contributed by atoms with Crippen LogP contribution in [0.3, 0.4) is 0 Å². The van der Waals surface area contributed by atoms with Gasteiger partial charge in [0.2, 0.25) is 0 Å². The van der Waals surface area contributed by atoms with Gasteiger partial charge >= 0.3 is 17.1 Å². The van der Waals surface area contributed by atoms with E-state index in [1.54, 1.807) is 0 Å². The van der Waals surface area contributed by atoms with Crippen molar-refractivity contribution in [3.8, 4) is 5.75 Å². The van der Waals surface area contributed by atoms with Crippen LogP contribution in [0.15, 0.2) is 6.07 Å². The smallest absolute Gasteiger partial charge is 0.424 e. The zero-order valence-electron chi connectivity index (χ0n) is 7.89. The number of hydrogen-bond donors (Lipinski definition) is 2. The Morgan fingerprint density at radius 3 is 1.82 bits per heavy atom. The van der Waals surface area contributed by atoms with E-state index in [-0.39, 0.29) is 0 Å². The number of phenolic OH excluding ortho intramolecular Hbond substituents is 1. The van der Waals surface area contributed by atoms with Crippen LogP contribution in [0.1, 0.15) is 0 Å². The Labute approximate surface area is 91.5 Å². The van der Waals surface area contributed by atoms with Crippen LogP contribution in [0.5, 0.6) is 5.75 Å². The minimum atomic E-state index is -1.37. The van der Waals surface area contributed by atoms with E-state index in [0.717, 1.165) is 0 Å². The second-order valence-electron chi connectivity index (χ2n) is 2.80. The van der Waals surface area contributed by atoms with Crippen LogP contribution in [0, 0.1) is 30.3 Å². The third kappa shape index (κ3) is 1.88. The van der Waals surface area contributed by atoms with Crippen LogP contribution < -0.4 is 5.73 Å². The topological polar surface area (TPSA) is 176 Å². The number of nitrogens with two attached hydrogens (primary N) is 1. The molecule has 0 bridgehead atoms. The average molecular weight is 244 g/mol. The molecule has 0 atom stereocenters. The molecule has 3 N–H and O–H groups in total. The van der Waals surface area contributed by atoms with Crippen LogP contribution in [-0.2, 0) is 0 Å². The van der Waals surface area contributed by atoms with Crippen molar-refractivity contribution in [2.24, 2.45) is 0 Å². The quantitative estimate of drug-likeness (QED) is 0.337. The maximum Gasteiger partial charge on any atom is 0.424 e. The molecular formula is C6H4N4O7. The van der Waals surface area contributed by atoms with E-state index >= 15 is 0 Å². The molecule has 0 unspecified atom stereocenters. The van der Waals surface area contributed by atoms with Crippen LogP contribution in [0.25, 0.3) is 0 Å². The summed E-state index contributed by atoms with van der Waals surface area (Å²) in [7, 11) is 0. The first-order valence-electron chi connectivity index (χ1n) is 3.86. The first kappa shape index (κ1) is 12.1. The van der Waals surface area contributed by atoms with Crippen molar-refractivity contribution in [3.63, 3.8) is 0 Å². The highest BCUT2D eigenvalue weighted by molar-refractivity contribution is 5.82. The molecule has 11 heteroatoms. The fourth-order valence-corrected chi connectivity index (χ4v) is 1.15. The monoisotopic (exact) mass is 244 g/mol. The van der Waals surface area contributed by atoms with Gasteiger partial charge in [0.15, 0.2) is 11.4 Å². The average Bonchev–Trinajstić information content (AvgIpc) is 2.19. The minimum Gasteiger partial charge on any atom is -0.505 e. The lowest BCUT2D eigenvalue weighted by Gasteiger charge is -2.01. The number of anilines is 1. The van der Waals surface area contributed by atoms with Crippen molar-refractivity contribution >= 4 is 22.7 Å². The SMILES string of the molecule is Nc1c(O)cc([N+](=O)[O-])c([N+](=O)[O-])c1[N+](=O)[O-]. The molecule has 17 heavy (non-hydrogen) atoms. The highest BCUT2D eigenvalue weighted by Crippen LogP contribution is 2.45. The Hall–Kier alpha value is -2.98. The van der Waals surface area contributed by atoms with Crippen molar-refractivity contribution in [1.29, 1.82) is 0 Å². The molecule has 0 radical (unpaired) electrons. The number of nitrogens with zero attached hydrogens (tertiary/aromatic N) is 3. The maximum atomic E-state index is 10.6. The van der Waals surface area contributed by atoms with Crippen LogP contribution in [0.4, 0.5) is 22.7 Å². The number of nitro benzene ring substituents is 3. The summed E-state index contributed by atoms with van der Waals surface area (Å²) in [5.74, 6) is -0.964. The number of nitrogen functional groups attached to an aromatic ring is 1. The molecule has 0 aliphatic carbocycles. The van der Waals surface area contributed by atoms with Crippen molar-refractivity contribution in [1.82, 2.24) is 0 Å². The lowest BCUT2D eigenvalue weighted by atomic mass is 10.2. The van der Waals surface area contributed by atoms with Crippen molar-refractivity contribution in [2.45, 2.75) is 0 Å². The second kappa shape index (κ2) is 3.88.